The van der Waals surface area contributed by atoms with Crippen molar-refractivity contribution >= 4 is 11.8 Å². The van der Waals surface area contributed by atoms with Crippen LogP contribution in [0.15, 0.2) is 24.3 Å². The Hall–Kier alpha value is -0.710. The minimum atomic E-state index is -0.454. The first kappa shape index (κ1) is 14.7. The molecule has 1 aliphatic rings. The highest BCUT2D eigenvalue weighted by Gasteiger charge is 2.35. The second kappa shape index (κ2) is 6.64. The van der Waals surface area contributed by atoms with Gasteiger partial charge in [-0.3, -0.25) is 0 Å². The van der Waals surface area contributed by atoms with Crippen molar-refractivity contribution in [3.05, 3.63) is 29.8 Å². The van der Waals surface area contributed by atoms with Crippen LogP contribution in [-0.4, -0.2) is 36.3 Å². The number of benzene rings is 1. The third-order valence-corrected chi connectivity index (χ3v) is 5.40. The number of nitrogens with one attached hydrogen (secondary N) is 1. The molecule has 0 radical (unpaired) electrons. The van der Waals surface area contributed by atoms with Gasteiger partial charge in [-0.25, -0.2) is 0 Å². The number of methoxy groups -OCH3 is 1. The maximum absolute atomic E-state index is 10.1. The maximum Gasteiger partial charge on any atom is 0.118 e. The number of ether oxygens (including phenoxy) is 1. The Balaban J connectivity index is 1.78. The van der Waals surface area contributed by atoms with Gasteiger partial charge in [-0.1, -0.05) is 18.6 Å². The Labute approximate surface area is 119 Å². The molecule has 19 heavy (non-hydrogen) atoms. The second-order valence-electron chi connectivity index (χ2n) is 5.16. The monoisotopic (exact) mass is 281 g/mol. The first-order valence-electron chi connectivity index (χ1n) is 6.77. The molecule has 0 bridgehead atoms. The van der Waals surface area contributed by atoms with E-state index in [0.717, 1.165) is 17.9 Å². The lowest BCUT2D eigenvalue weighted by Gasteiger charge is -2.40. The van der Waals surface area contributed by atoms with E-state index in [1.807, 2.05) is 36.0 Å². The molecule has 0 heterocycles. The first-order valence-corrected chi connectivity index (χ1v) is 7.99. The molecular weight excluding hydrogens is 258 g/mol. The fourth-order valence-corrected chi connectivity index (χ4v) is 3.35. The van der Waals surface area contributed by atoms with Crippen molar-refractivity contribution in [1.82, 2.24) is 5.32 Å². The van der Waals surface area contributed by atoms with E-state index >= 15 is 0 Å². The van der Waals surface area contributed by atoms with Gasteiger partial charge in [0, 0.05) is 17.8 Å². The fraction of sp³-hybridized carbons (Fsp3) is 0.600. The molecule has 3 nitrogen and oxygen atoms in total. The molecule has 0 aliphatic heterocycles. The largest absolute Gasteiger partial charge is 0.497 e. The van der Waals surface area contributed by atoms with E-state index in [0.29, 0.717) is 11.3 Å². The summed E-state index contributed by atoms with van der Waals surface area (Å²) in [5.41, 5.74) is 0.931. The van der Waals surface area contributed by atoms with Crippen molar-refractivity contribution in [3.8, 4) is 5.75 Å². The summed E-state index contributed by atoms with van der Waals surface area (Å²) >= 11 is 1.95. The molecule has 0 saturated heterocycles. The Bertz CT molecular complexity index is 384. The Morgan fingerprint density at radius 2 is 2.05 bits per heavy atom. The van der Waals surface area contributed by atoms with Gasteiger partial charge in [0.25, 0.3) is 0 Å². The molecule has 106 valence electrons. The van der Waals surface area contributed by atoms with Crippen LogP contribution in [0.1, 0.15) is 30.9 Å². The lowest BCUT2D eigenvalue weighted by Crippen LogP contribution is -2.44. The zero-order valence-electron chi connectivity index (χ0n) is 11.7. The lowest BCUT2D eigenvalue weighted by molar-refractivity contribution is 0.171. The summed E-state index contributed by atoms with van der Waals surface area (Å²) in [6.45, 7) is 1.59. The van der Waals surface area contributed by atoms with E-state index in [1.54, 1.807) is 7.11 Å². The quantitative estimate of drug-likeness (QED) is 0.806. The number of hydrogen-bond donors (Lipinski definition) is 2. The van der Waals surface area contributed by atoms with Crippen molar-refractivity contribution in [2.75, 3.05) is 26.5 Å². The average Bonchev–Trinajstić information content (AvgIpc) is 2.41. The minimum Gasteiger partial charge on any atom is -0.497 e. The number of thioether (sulfide) groups is 1. The van der Waals surface area contributed by atoms with Gasteiger partial charge in [-0.2, -0.15) is 11.8 Å². The minimum absolute atomic E-state index is 0.416. The molecular formula is C15H23NO2S. The summed E-state index contributed by atoms with van der Waals surface area (Å²) in [5, 5.41) is 13.5. The van der Waals surface area contributed by atoms with Crippen molar-refractivity contribution in [2.45, 2.75) is 30.1 Å². The highest BCUT2D eigenvalue weighted by atomic mass is 32.2. The molecule has 0 spiro atoms. The van der Waals surface area contributed by atoms with E-state index in [9.17, 15) is 5.11 Å². The molecule has 1 aliphatic carbocycles. The molecule has 2 N–H and O–H groups in total. The SMILES string of the molecule is COc1ccc(C(O)CNCC2(SC)CCC2)cc1. The zero-order chi connectivity index (χ0) is 13.7. The van der Waals surface area contributed by atoms with Crippen LogP contribution in [0.5, 0.6) is 5.75 Å². The van der Waals surface area contributed by atoms with E-state index < -0.39 is 6.10 Å². The van der Waals surface area contributed by atoms with Crippen LogP contribution in [-0.2, 0) is 0 Å². The molecule has 1 atom stereocenters. The molecule has 1 unspecified atom stereocenters. The predicted octanol–water partition coefficient (Wildman–Crippen LogP) is 2.60. The fourth-order valence-electron chi connectivity index (χ4n) is 2.40. The van der Waals surface area contributed by atoms with E-state index in [1.165, 1.54) is 19.3 Å². The number of hydrogen-bond acceptors (Lipinski definition) is 4. The average molecular weight is 281 g/mol. The molecule has 1 aromatic rings. The van der Waals surface area contributed by atoms with Crippen LogP contribution in [0.4, 0.5) is 0 Å². The van der Waals surface area contributed by atoms with Crippen LogP contribution < -0.4 is 10.1 Å². The topological polar surface area (TPSA) is 41.5 Å². The van der Waals surface area contributed by atoms with Gasteiger partial charge in [0.05, 0.1) is 13.2 Å². The molecule has 1 fully saturated rings. The molecule has 1 saturated carbocycles. The summed E-state index contributed by atoms with van der Waals surface area (Å²) in [7, 11) is 1.65. The van der Waals surface area contributed by atoms with Crippen LogP contribution in [0.2, 0.25) is 0 Å². The lowest BCUT2D eigenvalue weighted by atomic mass is 9.84. The maximum atomic E-state index is 10.1. The molecule has 2 rings (SSSR count). The van der Waals surface area contributed by atoms with Crippen molar-refractivity contribution in [3.63, 3.8) is 0 Å². The van der Waals surface area contributed by atoms with Gasteiger partial charge in [0.1, 0.15) is 5.75 Å². The van der Waals surface area contributed by atoms with Gasteiger partial charge in [0.2, 0.25) is 0 Å². The van der Waals surface area contributed by atoms with Crippen LogP contribution in [0, 0.1) is 0 Å². The molecule has 0 aromatic heterocycles. The Morgan fingerprint density at radius 3 is 2.53 bits per heavy atom. The first-order chi connectivity index (χ1) is 9.19. The van der Waals surface area contributed by atoms with Crippen LogP contribution >= 0.6 is 11.8 Å². The molecule has 4 heteroatoms. The van der Waals surface area contributed by atoms with Crippen LogP contribution in [0.3, 0.4) is 0 Å². The third-order valence-electron chi connectivity index (χ3n) is 3.98. The third kappa shape index (κ3) is 3.65. The van der Waals surface area contributed by atoms with Crippen LogP contribution in [0.25, 0.3) is 0 Å². The normalized spacial score (nSPS) is 18.7. The summed E-state index contributed by atoms with van der Waals surface area (Å²) < 4.78 is 5.53. The standard InChI is InChI=1S/C15H23NO2S/c1-18-13-6-4-12(5-7-13)14(17)10-16-11-15(19-2)8-3-9-15/h4-7,14,16-17H,3,8-11H2,1-2H3. The smallest absolute Gasteiger partial charge is 0.118 e. The van der Waals surface area contributed by atoms with Gasteiger partial charge in [0.15, 0.2) is 0 Å². The van der Waals surface area contributed by atoms with Gasteiger partial charge < -0.3 is 15.2 Å². The Morgan fingerprint density at radius 1 is 1.37 bits per heavy atom. The second-order valence-corrected chi connectivity index (χ2v) is 6.43. The van der Waals surface area contributed by atoms with Gasteiger partial charge >= 0.3 is 0 Å². The Kier molecular flexibility index (Phi) is 5.13. The number of aliphatic hydroxyl groups is 1. The molecule has 0 amide bonds. The highest BCUT2D eigenvalue weighted by Crippen LogP contribution is 2.42. The van der Waals surface area contributed by atoms with E-state index in [2.05, 4.69) is 11.6 Å². The van der Waals surface area contributed by atoms with Crippen molar-refractivity contribution < 1.29 is 9.84 Å². The zero-order valence-corrected chi connectivity index (χ0v) is 12.5. The summed E-state index contributed by atoms with van der Waals surface area (Å²) in [6.07, 6.45) is 5.65. The number of aliphatic hydroxyl groups excluding tert-OH is 1. The summed E-state index contributed by atoms with van der Waals surface area (Å²) in [5.74, 6) is 0.819. The highest BCUT2D eigenvalue weighted by molar-refractivity contribution is 8.00. The number of rotatable bonds is 7. The predicted molar refractivity (Wildman–Crippen MR) is 80.9 cm³/mol. The van der Waals surface area contributed by atoms with Crippen molar-refractivity contribution in [1.29, 1.82) is 0 Å². The van der Waals surface area contributed by atoms with E-state index in [4.69, 9.17) is 4.74 Å². The van der Waals surface area contributed by atoms with E-state index in [-0.39, 0.29) is 0 Å². The van der Waals surface area contributed by atoms with Gasteiger partial charge in [-0.15, -0.1) is 0 Å². The van der Waals surface area contributed by atoms with Gasteiger partial charge in [-0.05, 0) is 36.8 Å². The summed E-state index contributed by atoms with van der Waals surface area (Å²) in [4.78, 5) is 0. The molecule has 1 aromatic carbocycles. The summed E-state index contributed by atoms with van der Waals surface area (Å²) in [6, 6.07) is 7.60. The van der Waals surface area contributed by atoms with Crippen molar-refractivity contribution in [2.24, 2.45) is 0 Å².